The average molecular weight is 366 g/mol. The van der Waals surface area contributed by atoms with E-state index >= 15 is 0 Å². The van der Waals surface area contributed by atoms with Crippen LogP contribution in [-0.4, -0.2) is 30.7 Å². The number of anilines is 1. The lowest BCUT2D eigenvalue weighted by molar-refractivity contribution is 0.0453. The predicted octanol–water partition coefficient (Wildman–Crippen LogP) is 3.33. The summed E-state index contributed by atoms with van der Waals surface area (Å²) < 4.78 is 10.8. The second-order valence-electron chi connectivity index (χ2n) is 6.00. The number of hydrogen-bond acceptors (Lipinski definition) is 4. The summed E-state index contributed by atoms with van der Waals surface area (Å²) in [5.41, 5.74) is 2.25. The van der Waals surface area contributed by atoms with Gasteiger partial charge in [0.1, 0.15) is 0 Å². The Morgan fingerprint density at radius 1 is 1.04 bits per heavy atom. The molecule has 1 aromatic heterocycles. The zero-order valence-electron chi connectivity index (χ0n) is 15.2. The van der Waals surface area contributed by atoms with Crippen molar-refractivity contribution >= 4 is 22.5 Å². The van der Waals surface area contributed by atoms with Crippen molar-refractivity contribution in [2.75, 3.05) is 25.1 Å². The molecule has 1 heterocycles. The van der Waals surface area contributed by atoms with Crippen LogP contribution in [0.3, 0.4) is 0 Å². The lowest BCUT2D eigenvalue weighted by Gasteiger charge is -2.10. The molecule has 27 heavy (non-hydrogen) atoms. The van der Waals surface area contributed by atoms with Gasteiger partial charge in [0.25, 0.3) is 5.91 Å². The van der Waals surface area contributed by atoms with Gasteiger partial charge in [0.2, 0.25) is 5.56 Å². The lowest BCUT2D eigenvalue weighted by Crippen LogP contribution is -2.17. The summed E-state index contributed by atoms with van der Waals surface area (Å²) in [5.74, 6) is -0.327. The minimum atomic E-state index is -0.327. The van der Waals surface area contributed by atoms with Gasteiger partial charge in [-0.3, -0.25) is 9.59 Å². The third-order valence-electron chi connectivity index (χ3n) is 4.02. The van der Waals surface area contributed by atoms with Gasteiger partial charge in [0.05, 0.1) is 25.4 Å². The maximum absolute atomic E-state index is 12.7. The summed E-state index contributed by atoms with van der Waals surface area (Å²) in [4.78, 5) is 27.3. The van der Waals surface area contributed by atoms with Crippen LogP contribution in [0.2, 0.25) is 0 Å². The van der Waals surface area contributed by atoms with E-state index in [1.54, 1.807) is 12.1 Å². The van der Waals surface area contributed by atoms with Crippen molar-refractivity contribution in [1.82, 2.24) is 4.98 Å². The van der Waals surface area contributed by atoms with Crippen molar-refractivity contribution < 1.29 is 14.3 Å². The Morgan fingerprint density at radius 3 is 2.70 bits per heavy atom. The highest BCUT2D eigenvalue weighted by molar-refractivity contribution is 6.12. The highest BCUT2D eigenvalue weighted by atomic mass is 16.5. The normalized spacial score (nSPS) is 10.9. The van der Waals surface area contributed by atoms with Crippen LogP contribution in [0, 0.1) is 0 Å². The van der Waals surface area contributed by atoms with Crippen molar-refractivity contribution in [3.8, 4) is 0 Å². The van der Waals surface area contributed by atoms with Gasteiger partial charge in [-0.2, -0.15) is 0 Å². The molecule has 0 fully saturated rings. The first-order chi connectivity index (χ1) is 13.2. The fourth-order valence-electron chi connectivity index (χ4n) is 2.78. The quantitative estimate of drug-likeness (QED) is 0.599. The van der Waals surface area contributed by atoms with E-state index in [0.29, 0.717) is 48.6 Å². The number of carbonyl (C=O) groups excluding carboxylic acids is 1. The summed E-state index contributed by atoms with van der Waals surface area (Å²) in [6.45, 7) is 4.12. The lowest BCUT2D eigenvalue weighted by atomic mass is 10.1. The largest absolute Gasteiger partial charge is 0.379 e. The van der Waals surface area contributed by atoms with Crippen LogP contribution in [0.15, 0.2) is 59.4 Å². The number of aromatic amines is 1. The summed E-state index contributed by atoms with van der Waals surface area (Å²) in [7, 11) is 0. The fraction of sp³-hybridized carbons (Fsp3) is 0.238. The van der Waals surface area contributed by atoms with E-state index in [9.17, 15) is 9.59 Å². The molecule has 0 atom stereocenters. The second-order valence-corrected chi connectivity index (χ2v) is 6.00. The first kappa shape index (κ1) is 18.8. The number of hydrogen-bond donors (Lipinski definition) is 2. The van der Waals surface area contributed by atoms with E-state index in [1.165, 1.54) is 6.07 Å². The van der Waals surface area contributed by atoms with E-state index in [1.807, 2.05) is 43.3 Å². The Hall–Kier alpha value is -2.96. The number of fused-ring (bicyclic) bond motifs is 1. The van der Waals surface area contributed by atoms with Crippen LogP contribution in [-0.2, 0) is 16.1 Å². The monoisotopic (exact) mass is 366 g/mol. The number of amides is 1. The van der Waals surface area contributed by atoms with Gasteiger partial charge in [-0.1, -0.05) is 30.3 Å². The van der Waals surface area contributed by atoms with Crippen LogP contribution in [0.5, 0.6) is 0 Å². The van der Waals surface area contributed by atoms with Crippen molar-refractivity contribution in [2.45, 2.75) is 13.5 Å². The summed E-state index contributed by atoms with van der Waals surface area (Å²) in [6.07, 6.45) is 0. The molecule has 0 saturated heterocycles. The Balaban J connectivity index is 1.71. The van der Waals surface area contributed by atoms with E-state index in [0.717, 1.165) is 5.56 Å². The summed E-state index contributed by atoms with van der Waals surface area (Å²) >= 11 is 0. The van der Waals surface area contributed by atoms with Crippen molar-refractivity contribution in [1.29, 1.82) is 0 Å². The molecule has 0 unspecified atom stereocenters. The molecule has 0 spiro atoms. The molecule has 0 aliphatic heterocycles. The SMILES string of the molecule is CCOCCOCc1cccc(NC(=O)c2cc(=O)[nH]c3ccccc23)c1. The highest BCUT2D eigenvalue weighted by Crippen LogP contribution is 2.17. The number of benzene rings is 2. The molecule has 3 aromatic rings. The van der Waals surface area contributed by atoms with Gasteiger partial charge in [0, 0.05) is 29.3 Å². The number of carbonyl (C=O) groups is 1. The van der Waals surface area contributed by atoms with E-state index in [2.05, 4.69) is 10.3 Å². The Morgan fingerprint density at radius 2 is 1.85 bits per heavy atom. The molecule has 2 aromatic carbocycles. The number of para-hydroxylation sites is 1. The summed E-state index contributed by atoms with van der Waals surface area (Å²) in [6, 6.07) is 16.0. The van der Waals surface area contributed by atoms with Crippen LogP contribution in [0.4, 0.5) is 5.69 Å². The van der Waals surface area contributed by atoms with Gasteiger partial charge in [-0.05, 0) is 30.7 Å². The first-order valence-electron chi connectivity index (χ1n) is 8.85. The van der Waals surface area contributed by atoms with Gasteiger partial charge in [-0.25, -0.2) is 0 Å². The van der Waals surface area contributed by atoms with E-state index in [4.69, 9.17) is 9.47 Å². The number of nitrogens with one attached hydrogen (secondary N) is 2. The molecular weight excluding hydrogens is 344 g/mol. The number of H-pyrrole nitrogens is 1. The highest BCUT2D eigenvalue weighted by Gasteiger charge is 2.12. The topological polar surface area (TPSA) is 80.4 Å². The molecule has 0 bridgehead atoms. The summed E-state index contributed by atoms with van der Waals surface area (Å²) in [5, 5.41) is 3.56. The van der Waals surface area contributed by atoms with E-state index < -0.39 is 0 Å². The molecule has 6 nitrogen and oxygen atoms in total. The molecular formula is C21H22N2O4. The number of aromatic nitrogens is 1. The van der Waals surface area contributed by atoms with Crippen molar-refractivity contribution in [3.05, 3.63) is 76.1 Å². The molecule has 140 valence electrons. The number of ether oxygens (including phenoxy) is 2. The Bertz CT molecular complexity index is 981. The standard InChI is InChI=1S/C21H22N2O4/c1-2-26-10-11-27-14-15-6-5-7-16(12-15)22-21(25)18-13-20(24)23-19-9-4-3-8-17(18)19/h3-9,12-13H,2,10-11,14H2,1H3,(H,22,25)(H,23,24). The van der Waals surface area contributed by atoms with Crippen LogP contribution in [0.25, 0.3) is 10.9 Å². The number of pyridine rings is 1. The van der Waals surface area contributed by atoms with Gasteiger partial charge in [0.15, 0.2) is 0 Å². The molecule has 6 heteroatoms. The predicted molar refractivity (Wildman–Crippen MR) is 105 cm³/mol. The van der Waals surface area contributed by atoms with Crippen LogP contribution >= 0.6 is 0 Å². The van der Waals surface area contributed by atoms with Crippen LogP contribution in [0.1, 0.15) is 22.8 Å². The molecule has 0 aliphatic carbocycles. The first-order valence-corrected chi connectivity index (χ1v) is 8.85. The molecule has 2 N–H and O–H groups in total. The molecule has 0 saturated carbocycles. The maximum atomic E-state index is 12.7. The molecule has 3 rings (SSSR count). The maximum Gasteiger partial charge on any atom is 0.256 e. The third kappa shape index (κ3) is 5.03. The minimum absolute atomic E-state index is 0.310. The Kier molecular flexibility index (Phi) is 6.35. The zero-order chi connectivity index (χ0) is 19.1. The van der Waals surface area contributed by atoms with Crippen LogP contribution < -0.4 is 10.9 Å². The minimum Gasteiger partial charge on any atom is -0.379 e. The molecule has 1 amide bonds. The van der Waals surface area contributed by atoms with Gasteiger partial charge < -0.3 is 19.8 Å². The molecule has 0 radical (unpaired) electrons. The number of rotatable bonds is 8. The van der Waals surface area contributed by atoms with E-state index in [-0.39, 0.29) is 11.5 Å². The van der Waals surface area contributed by atoms with Crippen molar-refractivity contribution in [3.63, 3.8) is 0 Å². The van der Waals surface area contributed by atoms with Gasteiger partial charge in [-0.15, -0.1) is 0 Å². The Labute approximate surface area is 157 Å². The fourth-order valence-corrected chi connectivity index (χ4v) is 2.78. The second kappa shape index (κ2) is 9.12. The van der Waals surface area contributed by atoms with Gasteiger partial charge >= 0.3 is 0 Å². The zero-order valence-corrected chi connectivity index (χ0v) is 15.2. The van der Waals surface area contributed by atoms with Crippen molar-refractivity contribution in [2.24, 2.45) is 0 Å². The molecule has 0 aliphatic rings. The smallest absolute Gasteiger partial charge is 0.256 e. The third-order valence-corrected chi connectivity index (χ3v) is 4.02. The average Bonchev–Trinajstić information content (AvgIpc) is 2.67.